The minimum absolute atomic E-state index is 0.0779. The van der Waals surface area contributed by atoms with Crippen molar-refractivity contribution < 1.29 is 9.53 Å². The third-order valence-corrected chi connectivity index (χ3v) is 3.24. The van der Waals surface area contributed by atoms with Gasteiger partial charge in [0.15, 0.2) is 0 Å². The van der Waals surface area contributed by atoms with Crippen molar-refractivity contribution in [3.8, 4) is 0 Å². The molecule has 16 heavy (non-hydrogen) atoms. The summed E-state index contributed by atoms with van der Waals surface area (Å²) >= 11 is 1.70. The number of hydrogen-bond donors (Lipinski definition) is 1. The van der Waals surface area contributed by atoms with Crippen molar-refractivity contribution in [2.45, 2.75) is 6.04 Å². The number of nitrogens with zero attached hydrogens (tertiary/aromatic N) is 1. The number of rotatable bonds is 6. The highest BCUT2D eigenvalue weighted by Gasteiger charge is 2.15. The molecular formula is C11H18N2O2S. The Kier molecular flexibility index (Phi) is 5.45. The highest BCUT2D eigenvalue weighted by atomic mass is 32.1. The second kappa shape index (κ2) is 6.62. The summed E-state index contributed by atoms with van der Waals surface area (Å²) in [4.78, 5) is 14.6. The van der Waals surface area contributed by atoms with Crippen molar-refractivity contribution >= 4 is 17.2 Å². The van der Waals surface area contributed by atoms with Gasteiger partial charge in [0.2, 0.25) is 5.91 Å². The molecule has 0 fully saturated rings. The largest absolute Gasteiger partial charge is 0.375 e. The molecule has 0 radical (unpaired) electrons. The van der Waals surface area contributed by atoms with Gasteiger partial charge in [-0.3, -0.25) is 4.79 Å². The predicted octanol–water partition coefficient (Wildman–Crippen LogP) is 1.11. The minimum atomic E-state index is -0.0779. The van der Waals surface area contributed by atoms with Crippen molar-refractivity contribution in [1.82, 2.24) is 10.2 Å². The molecule has 5 heteroatoms. The van der Waals surface area contributed by atoms with Crippen LogP contribution < -0.4 is 5.32 Å². The van der Waals surface area contributed by atoms with Crippen LogP contribution in [-0.2, 0) is 9.53 Å². The molecule has 1 aromatic heterocycles. The van der Waals surface area contributed by atoms with Crippen LogP contribution in [0.15, 0.2) is 17.5 Å². The Hall–Kier alpha value is -0.910. The van der Waals surface area contributed by atoms with Gasteiger partial charge in [-0.15, -0.1) is 11.3 Å². The molecule has 0 bridgehead atoms. The Morgan fingerprint density at radius 3 is 2.88 bits per heavy atom. The molecule has 1 rings (SSSR count). The average molecular weight is 242 g/mol. The van der Waals surface area contributed by atoms with Crippen molar-refractivity contribution in [2.24, 2.45) is 0 Å². The van der Waals surface area contributed by atoms with Crippen molar-refractivity contribution in [2.75, 3.05) is 34.4 Å². The van der Waals surface area contributed by atoms with Gasteiger partial charge in [-0.1, -0.05) is 6.07 Å². The van der Waals surface area contributed by atoms with Gasteiger partial charge >= 0.3 is 0 Å². The number of ether oxygens (including phenoxy) is 1. The lowest BCUT2D eigenvalue weighted by Gasteiger charge is -2.23. The second-order valence-corrected chi connectivity index (χ2v) is 4.71. The molecule has 0 spiro atoms. The topological polar surface area (TPSA) is 41.6 Å². The monoisotopic (exact) mass is 242 g/mol. The van der Waals surface area contributed by atoms with Gasteiger partial charge in [-0.05, 0) is 25.5 Å². The number of nitrogens with one attached hydrogen (secondary N) is 1. The van der Waals surface area contributed by atoms with Crippen LogP contribution in [0.5, 0.6) is 0 Å². The zero-order valence-corrected chi connectivity index (χ0v) is 10.7. The van der Waals surface area contributed by atoms with Gasteiger partial charge in [0, 0.05) is 18.5 Å². The second-order valence-electron chi connectivity index (χ2n) is 3.73. The first-order valence-electron chi connectivity index (χ1n) is 5.10. The first-order valence-corrected chi connectivity index (χ1v) is 5.98. The summed E-state index contributed by atoms with van der Waals surface area (Å²) in [5.74, 6) is -0.0779. The number of carbonyl (C=O) groups is 1. The standard InChI is InChI=1S/C11H18N2O2S/c1-13(2)9(10-5-4-6-16-10)7-12-11(14)8-15-3/h4-6,9H,7-8H2,1-3H3,(H,12,14). The first-order chi connectivity index (χ1) is 7.65. The molecule has 0 aliphatic carbocycles. The Morgan fingerprint density at radius 2 is 2.38 bits per heavy atom. The molecule has 0 saturated heterocycles. The average Bonchev–Trinajstić information content (AvgIpc) is 2.71. The Balaban J connectivity index is 2.50. The fourth-order valence-electron chi connectivity index (χ4n) is 1.41. The van der Waals surface area contributed by atoms with E-state index >= 15 is 0 Å². The van der Waals surface area contributed by atoms with E-state index < -0.39 is 0 Å². The van der Waals surface area contributed by atoms with Gasteiger partial charge in [-0.2, -0.15) is 0 Å². The summed E-state index contributed by atoms with van der Waals surface area (Å²) in [6, 6.07) is 4.33. The lowest BCUT2D eigenvalue weighted by molar-refractivity contribution is -0.124. The highest BCUT2D eigenvalue weighted by molar-refractivity contribution is 7.10. The van der Waals surface area contributed by atoms with Gasteiger partial charge < -0.3 is 15.0 Å². The number of likely N-dealkylation sites (N-methyl/N-ethyl adjacent to an activating group) is 1. The summed E-state index contributed by atoms with van der Waals surface area (Å²) in [5.41, 5.74) is 0. The summed E-state index contributed by atoms with van der Waals surface area (Å²) in [7, 11) is 5.53. The molecule has 1 atom stereocenters. The molecule has 1 heterocycles. The Morgan fingerprint density at radius 1 is 1.62 bits per heavy atom. The Labute approximate surface area is 100 Å². The van der Waals surface area contributed by atoms with E-state index in [9.17, 15) is 4.79 Å². The summed E-state index contributed by atoms with van der Waals surface area (Å²) in [6.45, 7) is 0.723. The maximum absolute atomic E-state index is 11.3. The zero-order chi connectivity index (χ0) is 12.0. The number of thiophene rings is 1. The molecule has 1 aromatic rings. The fraction of sp³-hybridized carbons (Fsp3) is 0.545. The van der Waals surface area contributed by atoms with Crippen LogP contribution in [0.2, 0.25) is 0 Å². The zero-order valence-electron chi connectivity index (χ0n) is 9.90. The van der Waals surface area contributed by atoms with E-state index in [1.807, 2.05) is 25.5 Å². The number of hydrogen-bond acceptors (Lipinski definition) is 4. The maximum atomic E-state index is 11.3. The molecule has 1 N–H and O–H groups in total. The molecule has 0 aliphatic heterocycles. The molecule has 0 aliphatic rings. The normalized spacial score (nSPS) is 12.8. The maximum Gasteiger partial charge on any atom is 0.246 e. The van der Waals surface area contributed by atoms with Crippen LogP contribution in [0.25, 0.3) is 0 Å². The van der Waals surface area contributed by atoms with E-state index in [2.05, 4.69) is 16.3 Å². The van der Waals surface area contributed by atoms with Crippen molar-refractivity contribution in [3.63, 3.8) is 0 Å². The van der Waals surface area contributed by atoms with E-state index in [1.165, 1.54) is 12.0 Å². The molecule has 4 nitrogen and oxygen atoms in total. The first kappa shape index (κ1) is 13.2. The van der Waals surface area contributed by atoms with Crippen LogP contribution in [0, 0.1) is 0 Å². The van der Waals surface area contributed by atoms with Crippen LogP contribution in [-0.4, -0.2) is 45.2 Å². The van der Waals surface area contributed by atoms with Gasteiger partial charge in [0.25, 0.3) is 0 Å². The number of amides is 1. The molecular weight excluding hydrogens is 224 g/mol. The highest BCUT2D eigenvalue weighted by Crippen LogP contribution is 2.22. The van der Waals surface area contributed by atoms with E-state index in [0.29, 0.717) is 6.54 Å². The minimum Gasteiger partial charge on any atom is -0.375 e. The van der Waals surface area contributed by atoms with E-state index in [4.69, 9.17) is 4.74 Å². The summed E-state index contributed by atoms with van der Waals surface area (Å²) in [5, 5.41) is 4.90. The lowest BCUT2D eigenvalue weighted by Crippen LogP contribution is -2.35. The van der Waals surface area contributed by atoms with Crippen molar-refractivity contribution in [3.05, 3.63) is 22.4 Å². The summed E-state index contributed by atoms with van der Waals surface area (Å²) in [6.07, 6.45) is 0. The molecule has 90 valence electrons. The molecule has 0 saturated carbocycles. The SMILES string of the molecule is COCC(=O)NCC(c1cccs1)N(C)C. The van der Waals surface area contributed by atoms with Crippen LogP contribution in [0.1, 0.15) is 10.9 Å². The van der Waals surface area contributed by atoms with Crippen LogP contribution in [0.3, 0.4) is 0 Å². The smallest absolute Gasteiger partial charge is 0.246 e. The van der Waals surface area contributed by atoms with E-state index in [0.717, 1.165) is 0 Å². The quantitative estimate of drug-likeness (QED) is 0.812. The lowest BCUT2D eigenvalue weighted by atomic mass is 10.2. The predicted molar refractivity (Wildman–Crippen MR) is 65.6 cm³/mol. The van der Waals surface area contributed by atoms with Crippen molar-refractivity contribution in [1.29, 1.82) is 0 Å². The summed E-state index contributed by atoms with van der Waals surface area (Å²) < 4.78 is 4.76. The molecule has 0 aromatic carbocycles. The van der Waals surface area contributed by atoms with Gasteiger partial charge in [0.1, 0.15) is 6.61 Å². The molecule has 1 unspecified atom stereocenters. The van der Waals surface area contributed by atoms with Crippen LogP contribution in [0.4, 0.5) is 0 Å². The number of carbonyl (C=O) groups excluding carboxylic acids is 1. The fourth-order valence-corrected chi connectivity index (χ4v) is 2.33. The van der Waals surface area contributed by atoms with Crippen LogP contribution >= 0.6 is 11.3 Å². The van der Waals surface area contributed by atoms with E-state index in [1.54, 1.807) is 11.3 Å². The Bertz CT molecular complexity index is 312. The van der Waals surface area contributed by atoms with Gasteiger partial charge in [0.05, 0.1) is 6.04 Å². The van der Waals surface area contributed by atoms with E-state index in [-0.39, 0.29) is 18.6 Å². The van der Waals surface area contributed by atoms with Gasteiger partial charge in [-0.25, -0.2) is 0 Å². The third-order valence-electron chi connectivity index (χ3n) is 2.26. The number of methoxy groups -OCH3 is 1. The third kappa shape index (κ3) is 3.92. The molecule has 1 amide bonds.